The number of hydrogen-bond acceptors (Lipinski definition) is 2. The number of rotatable bonds is 9. The number of nitrogens with one attached hydrogen (secondary N) is 1. The molecule has 1 amide bonds. The summed E-state index contributed by atoms with van der Waals surface area (Å²) < 4.78 is 0. The maximum atomic E-state index is 11.2. The maximum Gasteiger partial charge on any atom is 0.220 e. The highest BCUT2D eigenvalue weighted by molar-refractivity contribution is 7.99. The van der Waals surface area contributed by atoms with Crippen molar-refractivity contribution < 1.29 is 4.79 Å². The Bertz CT molecular complexity index is 198. The third kappa shape index (κ3) is 11.3. The zero-order valence-corrected chi connectivity index (χ0v) is 10.4. The van der Waals surface area contributed by atoms with Gasteiger partial charge in [0.05, 0.1) is 0 Å². The second kappa shape index (κ2) is 11.5. The number of amides is 1. The summed E-state index contributed by atoms with van der Waals surface area (Å²) in [5.74, 6) is 4.87. The summed E-state index contributed by atoms with van der Waals surface area (Å²) in [5, 5.41) is 2.89. The Morgan fingerprint density at radius 3 is 2.87 bits per heavy atom. The Kier molecular flexibility index (Phi) is 11.0. The molecule has 2 nitrogen and oxygen atoms in total. The van der Waals surface area contributed by atoms with E-state index in [1.165, 1.54) is 18.6 Å². The summed E-state index contributed by atoms with van der Waals surface area (Å²) in [7, 11) is 0. The number of terminal acetylenes is 1. The molecule has 15 heavy (non-hydrogen) atoms. The van der Waals surface area contributed by atoms with Crippen molar-refractivity contribution in [2.24, 2.45) is 0 Å². The Hall–Kier alpha value is -0.620. The van der Waals surface area contributed by atoms with Gasteiger partial charge < -0.3 is 5.32 Å². The minimum atomic E-state index is 0.126. The van der Waals surface area contributed by atoms with Crippen molar-refractivity contribution in [2.45, 2.75) is 39.0 Å². The lowest BCUT2D eigenvalue weighted by molar-refractivity contribution is -0.121. The predicted octanol–water partition coefficient (Wildman–Crippen LogP) is 2.44. The third-order valence-corrected chi connectivity index (χ3v) is 3.01. The Morgan fingerprint density at radius 2 is 2.20 bits per heavy atom. The van der Waals surface area contributed by atoms with Crippen LogP contribution in [0.5, 0.6) is 0 Å². The molecular weight excluding hydrogens is 206 g/mol. The molecule has 0 spiro atoms. The van der Waals surface area contributed by atoms with Gasteiger partial charge in [-0.25, -0.2) is 0 Å². The lowest BCUT2D eigenvalue weighted by Crippen LogP contribution is -2.25. The van der Waals surface area contributed by atoms with Gasteiger partial charge in [-0.05, 0) is 18.6 Å². The van der Waals surface area contributed by atoms with Crippen LogP contribution in [0.1, 0.15) is 39.0 Å². The van der Waals surface area contributed by atoms with Crippen molar-refractivity contribution in [1.29, 1.82) is 0 Å². The number of carbonyl (C=O) groups is 1. The first-order chi connectivity index (χ1) is 7.31. The first kappa shape index (κ1) is 14.4. The van der Waals surface area contributed by atoms with Crippen LogP contribution in [0.4, 0.5) is 0 Å². The molecule has 0 aliphatic carbocycles. The van der Waals surface area contributed by atoms with Gasteiger partial charge in [-0.1, -0.05) is 13.3 Å². The van der Waals surface area contributed by atoms with Crippen molar-refractivity contribution in [1.82, 2.24) is 5.32 Å². The van der Waals surface area contributed by atoms with Crippen LogP contribution in [-0.2, 0) is 4.79 Å². The molecule has 0 saturated carbocycles. The fraction of sp³-hybridized carbons (Fsp3) is 0.750. The summed E-state index contributed by atoms with van der Waals surface area (Å²) in [6, 6.07) is 0. The monoisotopic (exact) mass is 227 g/mol. The summed E-state index contributed by atoms with van der Waals surface area (Å²) in [4.78, 5) is 11.2. The maximum absolute atomic E-state index is 11.2. The average molecular weight is 227 g/mol. The Morgan fingerprint density at radius 1 is 1.40 bits per heavy atom. The fourth-order valence-electron chi connectivity index (χ4n) is 1.05. The molecule has 0 aromatic rings. The number of carbonyl (C=O) groups excluding carboxylic acids is 1. The van der Waals surface area contributed by atoms with Crippen LogP contribution in [0.15, 0.2) is 0 Å². The molecule has 0 rings (SSSR count). The molecule has 0 aromatic carbocycles. The number of hydrogen-bond donors (Lipinski definition) is 1. The minimum Gasteiger partial charge on any atom is -0.355 e. The van der Waals surface area contributed by atoms with Crippen LogP contribution in [0.2, 0.25) is 0 Å². The van der Waals surface area contributed by atoms with E-state index in [1.54, 1.807) is 0 Å². The van der Waals surface area contributed by atoms with E-state index in [4.69, 9.17) is 6.42 Å². The second-order valence-corrected chi connectivity index (χ2v) is 4.60. The van der Waals surface area contributed by atoms with Gasteiger partial charge in [0.1, 0.15) is 0 Å². The minimum absolute atomic E-state index is 0.126. The molecule has 0 radical (unpaired) electrons. The highest BCUT2D eigenvalue weighted by atomic mass is 32.2. The van der Waals surface area contributed by atoms with E-state index in [0.717, 1.165) is 18.7 Å². The van der Waals surface area contributed by atoms with Gasteiger partial charge >= 0.3 is 0 Å². The first-order valence-electron chi connectivity index (χ1n) is 5.59. The molecule has 0 heterocycles. The summed E-state index contributed by atoms with van der Waals surface area (Å²) >= 11 is 1.90. The van der Waals surface area contributed by atoms with Gasteiger partial charge in [0, 0.05) is 25.1 Å². The Balaban J connectivity index is 3.14. The van der Waals surface area contributed by atoms with Crippen LogP contribution < -0.4 is 5.32 Å². The zero-order valence-electron chi connectivity index (χ0n) is 9.55. The van der Waals surface area contributed by atoms with Gasteiger partial charge in [-0.15, -0.1) is 12.3 Å². The lowest BCUT2D eigenvalue weighted by atomic mass is 10.2. The van der Waals surface area contributed by atoms with Crippen LogP contribution in [0.3, 0.4) is 0 Å². The molecule has 3 heteroatoms. The van der Waals surface area contributed by atoms with Crippen LogP contribution in [0, 0.1) is 12.3 Å². The van der Waals surface area contributed by atoms with E-state index in [9.17, 15) is 4.79 Å². The highest BCUT2D eigenvalue weighted by Crippen LogP contribution is 2.02. The van der Waals surface area contributed by atoms with Crippen molar-refractivity contribution in [3.05, 3.63) is 0 Å². The van der Waals surface area contributed by atoms with Gasteiger partial charge in [-0.2, -0.15) is 11.8 Å². The third-order valence-electron chi connectivity index (χ3n) is 1.94. The molecule has 0 aliphatic rings. The Labute approximate surface area is 97.6 Å². The molecule has 0 aromatic heterocycles. The molecular formula is C12H21NOS. The molecule has 0 saturated heterocycles. The molecule has 0 atom stereocenters. The van der Waals surface area contributed by atoms with Gasteiger partial charge in [0.15, 0.2) is 0 Å². The SMILES string of the molecule is C#CCCCC(=O)NCCSCCCC. The zero-order chi connectivity index (χ0) is 11.4. The highest BCUT2D eigenvalue weighted by Gasteiger charge is 1.98. The average Bonchev–Trinajstić information content (AvgIpc) is 2.23. The van der Waals surface area contributed by atoms with Gasteiger partial charge in [-0.3, -0.25) is 4.79 Å². The molecule has 86 valence electrons. The lowest BCUT2D eigenvalue weighted by Gasteiger charge is -2.03. The van der Waals surface area contributed by atoms with E-state index in [2.05, 4.69) is 18.2 Å². The van der Waals surface area contributed by atoms with Gasteiger partial charge in [0.2, 0.25) is 5.91 Å². The van der Waals surface area contributed by atoms with E-state index >= 15 is 0 Å². The largest absolute Gasteiger partial charge is 0.355 e. The van der Waals surface area contributed by atoms with E-state index < -0.39 is 0 Å². The fourth-order valence-corrected chi connectivity index (χ4v) is 1.99. The molecule has 0 aliphatic heterocycles. The van der Waals surface area contributed by atoms with E-state index in [0.29, 0.717) is 12.8 Å². The van der Waals surface area contributed by atoms with Crippen molar-refractivity contribution >= 4 is 17.7 Å². The summed E-state index contributed by atoms with van der Waals surface area (Å²) in [5.41, 5.74) is 0. The molecule has 0 fully saturated rings. The second-order valence-electron chi connectivity index (χ2n) is 3.37. The van der Waals surface area contributed by atoms with Crippen LogP contribution in [-0.4, -0.2) is 24.0 Å². The summed E-state index contributed by atoms with van der Waals surface area (Å²) in [6.07, 6.45) is 9.65. The van der Waals surface area contributed by atoms with Crippen LogP contribution in [0.25, 0.3) is 0 Å². The summed E-state index contributed by atoms with van der Waals surface area (Å²) in [6.45, 7) is 2.97. The van der Waals surface area contributed by atoms with Gasteiger partial charge in [0.25, 0.3) is 0 Å². The molecule has 0 bridgehead atoms. The van der Waals surface area contributed by atoms with E-state index in [1.807, 2.05) is 11.8 Å². The quantitative estimate of drug-likeness (QED) is 0.484. The van der Waals surface area contributed by atoms with Crippen molar-refractivity contribution in [2.75, 3.05) is 18.1 Å². The van der Waals surface area contributed by atoms with Crippen molar-refractivity contribution in [3.8, 4) is 12.3 Å². The smallest absolute Gasteiger partial charge is 0.220 e. The molecule has 1 N–H and O–H groups in total. The van der Waals surface area contributed by atoms with E-state index in [-0.39, 0.29) is 5.91 Å². The van der Waals surface area contributed by atoms with Crippen LogP contribution >= 0.6 is 11.8 Å². The van der Waals surface area contributed by atoms with Crippen molar-refractivity contribution in [3.63, 3.8) is 0 Å². The number of thioether (sulfide) groups is 1. The normalized spacial score (nSPS) is 9.60. The standard InChI is InChI=1S/C12H21NOS/c1-3-5-7-8-12(14)13-9-11-15-10-6-4-2/h1H,4-11H2,2H3,(H,13,14). The molecule has 0 unspecified atom stereocenters. The topological polar surface area (TPSA) is 29.1 Å². The predicted molar refractivity (Wildman–Crippen MR) is 67.9 cm³/mol. The first-order valence-corrected chi connectivity index (χ1v) is 6.74. The number of unbranched alkanes of at least 4 members (excludes halogenated alkanes) is 2.